The number of nitriles is 1. The van der Waals surface area contributed by atoms with Crippen molar-refractivity contribution in [1.82, 2.24) is 0 Å². The minimum Gasteiger partial charge on any atom is -0.384 e. The molecule has 2 heterocycles. The molecule has 32 heavy (non-hydrogen) atoms. The van der Waals surface area contributed by atoms with E-state index in [1.807, 2.05) is 25.3 Å². The number of hydrogen-bond donors (Lipinski definition) is 1. The van der Waals surface area contributed by atoms with Crippen LogP contribution in [0.1, 0.15) is 37.5 Å². The van der Waals surface area contributed by atoms with Crippen LogP contribution in [0.15, 0.2) is 56.8 Å². The number of carbonyl (C=O) groups is 1. The van der Waals surface area contributed by atoms with Gasteiger partial charge >= 0.3 is 0 Å². The standard InChI is InChI=1S/C22H18BrClN4O3S/c1-22(2)7-16-20(17(29)8-22)19(18-5-11(23)10-32-18)13(9-25)21(26)27(16)12-3-4-14(24)15(6-12)28(30)31/h3-6,10,19H,7-8,26H2,1-2H3. The lowest BCUT2D eigenvalue weighted by molar-refractivity contribution is -0.384. The summed E-state index contributed by atoms with van der Waals surface area (Å²) in [6.07, 6.45) is 0.856. The van der Waals surface area contributed by atoms with Crippen molar-refractivity contribution in [1.29, 1.82) is 5.26 Å². The second kappa shape index (κ2) is 8.03. The molecule has 1 aromatic heterocycles. The Bertz CT molecular complexity index is 1270. The molecule has 0 radical (unpaired) electrons. The number of benzene rings is 1. The molecule has 2 aromatic rings. The van der Waals surface area contributed by atoms with Gasteiger partial charge in [-0.1, -0.05) is 25.4 Å². The number of thiophene rings is 1. The summed E-state index contributed by atoms with van der Waals surface area (Å²) in [5.41, 5.74) is 7.72. The average Bonchev–Trinajstić information content (AvgIpc) is 3.12. The summed E-state index contributed by atoms with van der Waals surface area (Å²) in [7, 11) is 0. The number of Topliss-reactive ketones (excluding diaryl/α,β-unsaturated/α-hetero) is 1. The Morgan fingerprint density at radius 3 is 2.69 bits per heavy atom. The molecule has 1 aliphatic carbocycles. The number of nitrogens with zero attached hydrogens (tertiary/aromatic N) is 3. The first kappa shape index (κ1) is 22.5. The molecule has 0 saturated carbocycles. The maximum absolute atomic E-state index is 13.4. The van der Waals surface area contributed by atoms with E-state index in [-0.39, 0.29) is 33.3 Å². The molecular weight excluding hydrogens is 516 g/mol. The highest BCUT2D eigenvalue weighted by Gasteiger charge is 2.45. The van der Waals surface area contributed by atoms with E-state index in [2.05, 4.69) is 22.0 Å². The van der Waals surface area contributed by atoms with Gasteiger partial charge < -0.3 is 5.73 Å². The predicted molar refractivity (Wildman–Crippen MR) is 127 cm³/mol. The third-order valence-electron chi connectivity index (χ3n) is 5.64. The van der Waals surface area contributed by atoms with Crippen molar-refractivity contribution in [2.75, 3.05) is 4.90 Å². The molecule has 1 aliphatic heterocycles. The molecule has 2 aliphatic rings. The lowest BCUT2D eigenvalue weighted by Gasteiger charge is -2.43. The van der Waals surface area contributed by atoms with Gasteiger partial charge in [-0.25, -0.2) is 0 Å². The Morgan fingerprint density at radius 2 is 2.09 bits per heavy atom. The largest absolute Gasteiger partial charge is 0.384 e. The van der Waals surface area contributed by atoms with Gasteiger partial charge in [-0.05, 0) is 46.0 Å². The number of halogens is 2. The highest BCUT2D eigenvalue weighted by Crippen LogP contribution is 2.51. The zero-order valence-electron chi connectivity index (χ0n) is 17.2. The van der Waals surface area contributed by atoms with Gasteiger partial charge in [-0.3, -0.25) is 19.8 Å². The zero-order valence-corrected chi connectivity index (χ0v) is 20.3. The maximum Gasteiger partial charge on any atom is 0.289 e. The first-order valence-corrected chi connectivity index (χ1v) is 11.7. The van der Waals surface area contributed by atoms with E-state index in [9.17, 15) is 20.2 Å². The lowest BCUT2D eigenvalue weighted by Crippen LogP contribution is -2.42. The van der Waals surface area contributed by atoms with Gasteiger partial charge in [0.25, 0.3) is 5.69 Å². The van der Waals surface area contributed by atoms with Crippen LogP contribution in [0.3, 0.4) is 0 Å². The number of nitro groups is 1. The molecule has 1 unspecified atom stereocenters. The Morgan fingerprint density at radius 1 is 1.38 bits per heavy atom. The first-order chi connectivity index (χ1) is 15.0. The summed E-state index contributed by atoms with van der Waals surface area (Å²) >= 11 is 10.9. The van der Waals surface area contributed by atoms with E-state index in [0.717, 1.165) is 9.35 Å². The fourth-order valence-corrected chi connectivity index (χ4v) is 6.10. The molecule has 1 aromatic carbocycles. The van der Waals surface area contributed by atoms with E-state index in [4.69, 9.17) is 17.3 Å². The highest BCUT2D eigenvalue weighted by atomic mass is 79.9. The molecule has 2 N–H and O–H groups in total. The van der Waals surface area contributed by atoms with E-state index in [0.29, 0.717) is 29.8 Å². The third-order valence-corrected chi connectivity index (χ3v) is 7.72. The molecule has 10 heteroatoms. The fraction of sp³-hybridized carbons (Fsp3) is 0.273. The second-order valence-electron chi connectivity index (χ2n) is 8.54. The van der Waals surface area contributed by atoms with Crippen molar-refractivity contribution < 1.29 is 9.72 Å². The van der Waals surface area contributed by atoms with E-state index in [1.165, 1.54) is 23.5 Å². The number of hydrogen-bond acceptors (Lipinski definition) is 7. The predicted octanol–water partition coefficient (Wildman–Crippen LogP) is 6.01. The molecule has 1 atom stereocenters. The number of carbonyl (C=O) groups excluding carboxylic acids is 1. The summed E-state index contributed by atoms with van der Waals surface area (Å²) in [4.78, 5) is 26.8. The molecule has 7 nitrogen and oxygen atoms in total. The van der Waals surface area contributed by atoms with Crippen molar-refractivity contribution in [3.63, 3.8) is 0 Å². The number of nitro benzene ring substituents is 1. The maximum atomic E-state index is 13.4. The summed E-state index contributed by atoms with van der Waals surface area (Å²) in [6.45, 7) is 3.99. The molecule has 0 amide bonds. The van der Waals surface area contributed by atoms with Crippen LogP contribution >= 0.6 is 38.9 Å². The Balaban J connectivity index is 2.01. The van der Waals surface area contributed by atoms with E-state index in [1.54, 1.807) is 11.0 Å². The van der Waals surface area contributed by atoms with Gasteiger partial charge in [-0.15, -0.1) is 11.3 Å². The Hall–Kier alpha value is -2.67. The zero-order chi connectivity index (χ0) is 23.4. The highest BCUT2D eigenvalue weighted by molar-refractivity contribution is 9.10. The van der Waals surface area contributed by atoms with Gasteiger partial charge in [0.1, 0.15) is 10.8 Å². The lowest BCUT2D eigenvalue weighted by atomic mass is 9.69. The van der Waals surface area contributed by atoms with Crippen LogP contribution in [0, 0.1) is 26.9 Å². The monoisotopic (exact) mass is 532 g/mol. The van der Waals surface area contributed by atoms with Gasteiger partial charge in [0.05, 0.1) is 28.2 Å². The average molecular weight is 534 g/mol. The SMILES string of the molecule is CC1(C)CC(=O)C2=C(C1)N(c1ccc(Cl)c([N+](=O)[O-])c1)C(N)=C(C#N)C2c1cc(Br)cs1. The van der Waals surface area contributed by atoms with Gasteiger partial charge in [0.2, 0.25) is 0 Å². The van der Waals surface area contributed by atoms with Crippen LogP contribution < -0.4 is 10.6 Å². The van der Waals surface area contributed by atoms with Crippen LogP contribution in [0.2, 0.25) is 5.02 Å². The molecule has 0 saturated heterocycles. The van der Waals surface area contributed by atoms with Crippen LogP contribution in [0.4, 0.5) is 11.4 Å². The summed E-state index contributed by atoms with van der Waals surface area (Å²) in [5, 5.41) is 23.4. The van der Waals surface area contributed by atoms with Gasteiger partial charge in [0, 0.05) is 38.5 Å². The molecule has 164 valence electrons. The molecule has 0 spiro atoms. The summed E-state index contributed by atoms with van der Waals surface area (Å²) in [5.74, 6) is -0.476. The van der Waals surface area contributed by atoms with Crippen molar-refractivity contribution in [3.05, 3.63) is 76.8 Å². The summed E-state index contributed by atoms with van der Waals surface area (Å²) in [6, 6.07) is 8.43. The topological polar surface area (TPSA) is 113 Å². The number of nitrogens with two attached hydrogens (primary N) is 1. The summed E-state index contributed by atoms with van der Waals surface area (Å²) < 4.78 is 0.856. The minimum absolute atomic E-state index is 0.00520. The van der Waals surface area contributed by atoms with Gasteiger partial charge in [-0.2, -0.15) is 5.26 Å². The van der Waals surface area contributed by atoms with Crippen LogP contribution in [-0.2, 0) is 4.79 Å². The van der Waals surface area contributed by atoms with Crippen molar-refractivity contribution >= 4 is 56.0 Å². The first-order valence-electron chi connectivity index (χ1n) is 9.68. The van der Waals surface area contributed by atoms with E-state index >= 15 is 0 Å². The second-order valence-corrected chi connectivity index (χ2v) is 10.8. The van der Waals surface area contributed by atoms with Crippen LogP contribution in [0.25, 0.3) is 0 Å². The molecular formula is C22H18BrClN4O3S. The number of anilines is 1. The Kier molecular flexibility index (Phi) is 5.65. The Labute approximate surface area is 202 Å². The van der Waals surface area contributed by atoms with E-state index < -0.39 is 10.8 Å². The number of rotatable bonds is 3. The molecule has 4 rings (SSSR count). The van der Waals surface area contributed by atoms with Crippen LogP contribution in [-0.4, -0.2) is 10.7 Å². The quantitative estimate of drug-likeness (QED) is 0.382. The van der Waals surface area contributed by atoms with Gasteiger partial charge in [0.15, 0.2) is 5.78 Å². The molecule has 0 fully saturated rings. The smallest absolute Gasteiger partial charge is 0.289 e. The normalized spacial score (nSPS) is 20.3. The molecule has 0 bridgehead atoms. The fourth-order valence-electron chi connectivity index (χ4n) is 4.35. The minimum atomic E-state index is -0.576. The van der Waals surface area contributed by atoms with Crippen LogP contribution in [0.5, 0.6) is 0 Å². The number of allylic oxidation sites excluding steroid dienone is 3. The number of ketones is 1. The van der Waals surface area contributed by atoms with Crippen molar-refractivity contribution in [2.45, 2.75) is 32.6 Å². The van der Waals surface area contributed by atoms with Crippen molar-refractivity contribution in [3.8, 4) is 6.07 Å². The van der Waals surface area contributed by atoms with Crippen molar-refractivity contribution in [2.24, 2.45) is 11.1 Å². The third kappa shape index (κ3) is 3.72.